The van der Waals surface area contributed by atoms with E-state index in [4.69, 9.17) is 22.1 Å². The molecule has 0 aliphatic heterocycles. The van der Waals surface area contributed by atoms with Crippen LogP contribution in [0.25, 0.3) is 0 Å². The number of nitrogens with zero attached hydrogens (tertiary/aromatic N) is 1. The lowest BCUT2D eigenvalue weighted by Crippen LogP contribution is -2.32. The summed E-state index contributed by atoms with van der Waals surface area (Å²) in [4.78, 5) is 13.2. The van der Waals surface area contributed by atoms with Crippen molar-refractivity contribution in [2.45, 2.75) is 27.0 Å². The monoisotopic (exact) mass is 382 g/mol. The average Bonchev–Trinajstić information content (AvgIpc) is 2.54. The van der Waals surface area contributed by atoms with Crippen LogP contribution >= 0.6 is 24.0 Å². The Morgan fingerprint density at radius 1 is 1.20 bits per heavy atom. The van der Waals surface area contributed by atoms with E-state index in [1.165, 1.54) is 0 Å². The molecule has 0 bridgehead atoms. The number of ether oxygens (including phenoxy) is 1. The van der Waals surface area contributed by atoms with Crippen molar-refractivity contribution in [1.29, 1.82) is 0 Å². The van der Waals surface area contributed by atoms with Crippen molar-refractivity contribution >= 4 is 29.9 Å². The summed E-state index contributed by atoms with van der Waals surface area (Å²) in [5, 5.41) is 0.700. The number of halogens is 2. The third-order valence-corrected chi connectivity index (χ3v) is 4.24. The molecular formula is C19H24Cl2N2O2. The fourth-order valence-corrected chi connectivity index (χ4v) is 2.83. The molecule has 6 heteroatoms. The third kappa shape index (κ3) is 5.63. The summed E-state index contributed by atoms with van der Waals surface area (Å²) in [5.41, 5.74) is 9.47. The van der Waals surface area contributed by atoms with Crippen LogP contribution in [0.3, 0.4) is 0 Å². The number of benzene rings is 2. The fourth-order valence-electron chi connectivity index (χ4n) is 2.64. The molecule has 2 rings (SSSR count). The predicted molar refractivity (Wildman–Crippen MR) is 104 cm³/mol. The molecule has 4 nitrogen and oxygen atoms in total. The summed E-state index contributed by atoms with van der Waals surface area (Å²) in [6, 6.07) is 11.7. The van der Waals surface area contributed by atoms with Crippen LogP contribution < -0.4 is 10.5 Å². The molecule has 0 saturated carbocycles. The Balaban J connectivity index is 0.00000312. The first-order chi connectivity index (χ1) is 11.4. The number of hydrogen-bond acceptors (Lipinski definition) is 3. The molecule has 25 heavy (non-hydrogen) atoms. The summed E-state index contributed by atoms with van der Waals surface area (Å²) in [6.45, 7) is 4.98. The van der Waals surface area contributed by atoms with Gasteiger partial charge in [0.2, 0.25) is 5.91 Å². The van der Waals surface area contributed by atoms with E-state index in [-0.39, 0.29) is 24.9 Å². The van der Waals surface area contributed by atoms with Gasteiger partial charge < -0.3 is 15.4 Å². The van der Waals surface area contributed by atoms with Crippen LogP contribution in [0, 0.1) is 13.8 Å². The van der Waals surface area contributed by atoms with Crippen LogP contribution in [0.5, 0.6) is 5.75 Å². The molecule has 0 aromatic heterocycles. The summed E-state index contributed by atoms with van der Waals surface area (Å²) in [7, 11) is 1.75. The van der Waals surface area contributed by atoms with Crippen LogP contribution in [0.15, 0.2) is 36.4 Å². The van der Waals surface area contributed by atoms with Gasteiger partial charge in [0.25, 0.3) is 0 Å². The zero-order valence-electron chi connectivity index (χ0n) is 14.7. The largest absolute Gasteiger partial charge is 0.488 e. The molecule has 2 aromatic rings. The second-order valence-electron chi connectivity index (χ2n) is 5.89. The Bertz CT molecular complexity index is 712. The second-order valence-corrected chi connectivity index (χ2v) is 6.30. The average molecular weight is 383 g/mol. The molecule has 0 fully saturated rings. The van der Waals surface area contributed by atoms with E-state index in [2.05, 4.69) is 0 Å². The van der Waals surface area contributed by atoms with E-state index in [1.807, 2.05) is 50.2 Å². The van der Waals surface area contributed by atoms with Gasteiger partial charge in [0.15, 0.2) is 0 Å². The van der Waals surface area contributed by atoms with Gasteiger partial charge in [0, 0.05) is 24.2 Å². The van der Waals surface area contributed by atoms with E-state index in [1.54, 1.807) is 11.9 Å². The summed E-state index contributed by atoms with van der Waals surface area (Å²) >= 11 is 6.17. The van der Waals surface area contributed by atoms with Gasteiger partial charge in [-0.05, 0) is 36.6 Å². The highest BCUT2D eigenvalue weighted by Gasteiger charge is 2.11. The highest BCUT2D eigenvalue weighted by Crippen LogP contribution is 2.27. The molecule has 2 N–H and O–H groups in total. The van der Waals surface area contributed by atoms with Crippen LogP contribution in [-0.2, 0) is 17.9 Å². The van der Waals surface area contributed by atoms with Gasteiger partial charge in [0.1, 0.15) is 12.4 Å². The smallest absolute Gasteiger partial charge is 0.236 e. The van der Waals surface area contributed by atoms with Gasteiger partial charge in [-0.2, -0.15) is 0 Å². The second kappa shape index (κ2) is 9.66. The number of rotatable bonds is 6. The maximum atomic E-state index is 11.6. The number of carbonyl (C=O) groups is 1. The van der Waals surface area contributed by atoms with Crippen LogP contribution in [0.1, 0.15) is 22.3 Å². The maximum Gasteiger partial charge on any atom is 0.236 e. The molecule has 0 spiro atoms. The highest BCUT2D eigenvalue weighted by molar-refractivity contribution is 6.31. The summed E-state index contributed by atoms with van der Waals surface area (Å²) < 4.78 is 5.98. The first-order valence-corrected chi connectivity index (χ1v) is 8.20. The van der Waals surface area contributed by atoms with Gasteiger partial charge in [-0.15, -0.1) is 12.4 Å². The lowest BCUT2D eigenvalue weighted by atomic mass is 10.1. The Morgan fingerprint density at radius 3 is 2.36 bits per heavy atom. The van der Waals surface area contributed by atoms with Gasteiger partial charge in [0.05, 0.1) is 6.54 Å². The quantitative estimate of drug-likeness (QED) is 0.824. The normalized spacial score (nSPS) is 10.1. The maximum absolute atomic E-state index is 11.6. The Kier molecular flexibility index (Phi) is 8.23. The Morgan fingerprint density at radius 2 is 1.80 bits per heavy atom. The number of hydrogen-bond donors (Lipinski definition) is 1. The predicted octanol–water partition coefficient (Wildman–Crippen LogP) is 3.87. The van der Waals surface area contributed by atoms with Gasteiger partial charge >= 0.3 is 0 Å². The molecule has 2 aromatic carbocycles. The minimum absolute atomic E-state index is 0. The van der Waals surface area contributed by atoms with Crippen LogP contribution in [-0.4, -0.2) is 24.4 Å². The molecular weight excluding hydrogens is 359 g/mol. The Labute approximate surface area is 160 Å². The van der Waals surface area contributed by atoms with E-state index in [0.717, 1.165) is 28.0 Å². The van der Waals surface area contributed by atoms with Crippen molar-refractivity contribution in [2.75, 3.05) is 13.6 Å². The topological polar surface area (TPSA) is 55.6 Å². The van der Waals surface area contributed by atoms with E-state index in [9.17, 15) is 4.79 Å². The van der Waals surface area contributed by atoms with Gasteiger partial charge in [-0.25, -0.2) is 0 Å². The van der Waals surface area contributed by atoms with Crippen molar-refractivity contribution < 1.29 is 9.53 Å². The van der Waals surface area contributed by atoms with Crippen LogP contribution in [0.4, 0.5) is 0 Å². The lowest BCUT2D eigenvalue weighted by molar-refractivity contribution is -0.128. The minimum Gasteiger partial charge on any atom is -0.488 e. The molecule has 0 heterocycles. The number of carbonyl (C=O) groups excluding carboxylic acids is 1. The lowest BCUT2D eigenvalue weighted by Gasteiger charge is -2.19. The van der Waals surface area contributed by atoms with Crippen molar-refractivity contribution in [3.8, 4) is 5.75 Å². The molecule has 0 aliphatic carbocycles. The van der Waals surface area contributed by atoms with Crippen molar-refractivity contribution in [3.05, 3.63) is 63.7 Å². The molecule has 0 saturated heterocycles. The Hall–Kier alpha value is -1.75. The molecule has 0 aliphatic rings. The molecule has 0 radical (unpaired) electrons. The highest BCUT2D eigenvalue weighted by atomic mass is 35.5. The third-order valence-electron chi connectivity index (χ3n) is 3.87. The molecule has 136 valence electrons. The molecule has 1 amide bonds. The summed E-state index contributed by atoms with van der Waals surface area (Å²) in [6.07, 6.45) is 0. The van der Waals surface area contributed by atoms with Crippen molar-refractivity contribution in [3.63, 3.8) is 0 Å². The zero-order chi connectivity index (χ0) is 17.7. The van der Waals surface area contributed by atoms with E-state index < -0.39 is 0 Å². The number of amides is 1. The summed E-state index contributed by atoms with van der Waals surface area (Å²) in [5.74, 6) is 0.774. The number of likely N-dealkylation sites (N-methyl/N-ethyl adjacent to an activating group) is 1. The van der Waals surface area contributed by atoms with Crippen LogP contribution in [0.2, 0.25) is 5.02 Å². The number of nitrogens with two attached hydrogens (primary N) is 1. The van der Waals surface area contributed by atoms with Gasteiger partial charge in [-0.3, -0.25) is 4.79 Å². The first-order valence-electron chi connectivity index (χ1n) is 7.82. The first kappa shape index (κ1) is 21.3. The van der Waals surface area contributed by atoms with Gasteiger partial charge in [-0.1, -0.05) is 41.9 Å². The molecule has 0 atom stereocenters. The minimum atomic E-state index is -0.0793. The standard InChI is InChI=1S/C19H23ClN2O2.ClH/c1-13-8-15(11-22(3)18(23)10-21)9-14(2)19(13)24-12-16-6-4-5-7-17(16)20;/h4-9H,10-12,21H2,1-3H3;1H. The van der Waals surface area contributed by atoms with E-state index in [0.29, 0.717) is 18.2 Å². The van der Waals surface area contributed by atoms with Crippen molar-refractivity contribution in [1.82, 2.24) is 4.90 Å². The fraction of sp³-hybridized carbons (Fsp3) is 0.316. The SMILES string of the molecule is Cc1cc(CN(C)C(=O)CN)cc(C)c1OCc1ccccc1Cl.Cl. The molecule has 0 unspecified atom stereocenters. The van der Waals surface area contributed by atoms with Crippen molar-refractivity contribution in [2.24, 2.45) is 5.73 Å². The van der Waals surface area contributed by atoms with E-state index >= 15 is 0 Å². The zero-order valence-corrected chi connectivity index (χ0v) is 16.3. The number of aryl methyl sites for hydroxylation is 2.